The Balaban J connectivity index is 2.33. The summed E-state index contributed by atoms with van der Waals surface area (Å²) in [6, 6.07) is 3.95. The lowest BCUT2D eigenvalue weighted by Crippen LogP contribution is -1.70. The van der Waals surface area contributed by atoms with E-state index in [2.05, 4.69) is 17.9 Å². The molecule has 0 aliphatic heterocycles. The molecule has 0 spiro atoms. The second-order valence-electron chi connectivity index (χ2n) is 2.77. The van der Waals surface area contributed by atoms with Crippen LogP contribution in [0.25, 0.3) is 0 Å². The van der Waals surface area contributed by atoms with E-state index in [1.165, 1.54) is 29.7 Å². The minimum absolute atomic E-state index is 1.04. The summed E-state index contributed by atoms with van der Waals surface area (Å²) in [7, 11) is 0. The fourth-order valence-electron chi connectivity index (χ4n) is 1.48. The molecule has 58 valence electrons. The van der Waals surface area contributed by atoms with Gasteiger partial charge in [-0.15, -0.1) is 11.3 Å². The molecule has 0 amide bonds. The van der Waals surface area contributed by atoms with Crippen molar-refractivity contribution in [1.29, 1.82) is 5.26 Å². The number of thiophene rings is 1. The van der Waals surface area contributed by atoms with Crippen LogP contribution in [0.15, 0.2) is 6.07 Å². The Morgan fingerprint density at radius 2 is 2.33 bits per heavy atom. The second kappa shape index (κ2) is 3.01. The number of nitrogens with zero attached hydrogens (tertiary/aromatic N) is 1. The fraction of sp³-hybridized carbons (Fsp3) is 0.300. The predicted octanol–water partition coefficient (Wildman–Crippen LogP) is 2.11. The normalized spacial score (nSPS) is 12.9. The number of nitriles is 1. The number of hydrogen-bond acceptors (Lipinski definition) is 2. The molecule has 0 fully saturated rings. The molecule has 1 heterocycles. The van der Waals surface area contributed by atoms with Gasteiger partial charge < -0.3 is 0 Å². The average molecular weight is 173 g/mol. The standard InChI is InChI=1S/C10H7NS/c11-6-2-4-9-7-8-3-1-5-10(8)12-9/h7H,1,3,5H2. The summed E-state index contributed by atoms with van der Waals surface area (Å²) in [5, 5.41) is 8.26. The van der Waals surface area contributed by atoms with Gasteiger partial charge in [0.1, 0.15) is 0 Å². The van der Waals surface area contributed by atoms with Crippen LogP contribution in [0.1, 0.15) is 21.7 Å². The highest BCUT2D eigenvalue weighted by atomic mass is 32.1. The van der Waals surface area contributed by atoms with Crippen molar-refractivity contribution in [3.05, 3.63) is 21.4 Å². The van der Waals surface area contributed by atoms with Gasteiger partial charge >= 0.3 is 0 Å². The van der Waals surface area contributed by atoms with Crippen molar-refractivity contribution in [1.82, 2.24) is 0 Å². The van der Waals surface area contributed by atoms with Crippen LogP contribution >= 0.6 is 11.3 Å². The smallest absolute Gasteiger partial charge is 0.152 e. The Hall–Kier alpha value is -1.25. The van der Waals surface area contributed by atoms with Gasteiger partial charge in [-0.2, -0.15) is 5.26 Å². The van der Waals surface area contributed by atoms with Crippen molar-refractivity contribution in [2.24, 2.45) is 0 Å². The van der Waals surface area contributed by atoms with E-state index in [1.807, 2.05) is 6.07 Å². The molecular weight excluding hydrogens is 166 g/mol. The molecule has 0 bridgehead atoms. The minimum Gasteiger partial charge on any atom is -0.183 e. The van der Waals surface area contributed by atoms with Gasteiger partial charge in [0.05, 0.1) is 4.88 Å². The van der Waals surface area contributed by atoms with Crippen LogP contribution in [0.3, 0.4) is 0 Å². The summed E-state index contributed by atoms with van der Waals surface area (Å²) in [6.45, 7) is 0. The van der Waals surface area contributed by atoms with E-state index < -0.39 is 0 Å². The Bertz CT molecular complexity index is 376. The summed E-state index contributed by atoms with van der Waals surface area (Å²) in [5.74, 6) is 5.25. The van der Waals surface area contributed by atoms with Crippen LogP contribution in [-0.2, 0) is 12.8 Å². The van der Waals surface area contributed by atoms with Crippen LogP contribution < -0.4 is 0 Å². The lowest BCUT2D eigenvalue weighted by atomic mass is 10.2. The Kier molecular flexibility index (Phi) is 1.86. The zero-order valence-electron chi connectivity index (χ0n) is 6.55. The molecule has 12 heavy (non-hydrogen) atoms. The summed E-state index contributed by atoms with van der Waals surface area (Å²) in [5.41, 5.74) is 1.45. The van der Waals surface area contributed by atoms with Gasteiger partial charge in [-0.25, -0.2) is 0 Å². The average Bonchev–Trinajstić information content (AvgIpc) is 2.58. The topological polar surface area (TPSA) is 23.8 Å². The number of hydrogen-bond donors (Lipinski definition) is 0. The van der Waals surface area contributed by atoms with Crippen LogP contribution in [0.5, 0.6) is 0 Å². The highest BCUT2D eigenvalue weighted by Gasteiger charge is 2.13. The molecule has 0 unspecified atom stereocenters. The maximum Gasteiger partial charge on any atom is 0.152 e. The van der Waals surface area contributed by atoms with Crippen molar-refractivity contribution in [2.45, 2.75) is 19.3 Å². The van der Waals surface area contributed by atoms with E-state index in [-0.39, 0.29) is 0 Å². The molecule has 0 saturated heterocycles. The predicted molar refractivity (Wildman–Crippen MR) is 48.8 cm³/mol. The van der Waals surface area contributed by atoms with Crippen LogP contribution in [0, 0.1) is 23.2 Å². The highest BCUT2D eigenvalue weighted by molar-refractivity contribution is 7.12. The molecule has 1 aliphatic carbocycles. The Labute approximate surface area is 75.6 Å². The number of aryl methyl sites for hydroxylation is 2. The molecule has 1 aromatic heterocycles. The number of fused-ring (bicyclic) bond motifs is 1. The van der Waals surface area contributed by atoms with E-state index >= 15 is 0 Å². The van der Waals surface area contributed by atoms with Crippen LogP contribution in [-0.4, -0.2) is 0 Å². The van der Waals surface area contributed by atoms with Gasteiger partial charge in [-0.3, -0.25) is 0 Å². The maximum atomic E-state index is 8.26. The molecular formula is C10H7NS. The van der Waals surface area contributed by atoms with Gasteiger partial charge in [0.25, 0.3) is 0 Å². The Morgan fingerprint density at radius 1 is 1.42 bits per heavy atom. The van der Waals surface area contributed by atoms with E-state index in [9.17, 15) is 0 Å². The first-order chi connectivity index (χ1) is 5.90. The maximum absolute atomic E-state index is 8.26. The lowest BCUT2D eigenvalue weighted by Gasteiger charge is -1.80. The third-order valence-corrected chi connectivity index (χ3v) is 3.14. The first kappa shape index (κ1) is 7.40. The molecule has 0 atom stereocenters. The molecule has 0 aromatic carbocycles. The molecule has 0 saturated carbocycles. The molecule has 1 aliphatic rings. The van der Waals surface area contributed by atoms with Crippen molar-refractivity contribution in [3.63, 3.8) is 0 Å². The van der Waals surface area contributed by atoms with Crippen LogP contribution in [0.4, 0.5) is 0 Å². The van der Waals surface area contributed by atoms with Gasteiger partial charge in [0, 0.05) is 10.8 Å². The highest BCUT2D eigenvalue weighted by Crippen LogP contribution is 2.29. The van der Waals surface area contributed by atoms with E-state index in [4.69, 9.17) is 5.26 Å². The van der Waals surface area contributed by atoms with Crippen molar-refractivity contribution in [3.8, 4) is 17.9 Å². The largest absolute Gasteiger partial charge is 0.183 e. The van der Waals surface area contributed by atoms with Crippen LogP contribution in [0.2, 0.25) is 0 Å². The van der Waals surface area contributed by atoms with Gasteiger partial charge in [0.15, 0.2) is 6.07 Å². The zero-order valence-corrected chi connectivity index (χ0v) is 7.37. The zero-order chi connectivity index (χ0) is 8.39. The third-order valence-electron chi connectivity index (χ3n) is 1.99. The third kappa shape index (κ3) is 1.22. The monoisotopic (exact) mass is 173 g/mol. The molecule has 1 aromatic rings. The molecule has 2 heteroatoms. The number of rotatable bonds is 0. The molecule has 0 N–H and O–H groups in total. The first-order valence-electron chi connectivity index (χ1n) is 3.92. The van der Waals surface area contributed by atoms with Gasteiger partial charge in [0.2, 0.25) is 0 Å². The van der Waals surface area contributed by atoms with Gasteiger partial charge in [-0.1, -0.05) is 0 Å². The first-order valence-corrected chi connectivity index (χ1v) is 4.73. The van der Waals surface area contributed by atoms with E-state index in [1.54, 1.807) is 11.3 Å². The molecule has 0 radical (unpaired) electrons. The lowest BCUT2D eigenvalue weighted by molar-refractivity contribution is 0.914. The summed E-state index contributed by atoms with van der Waals surface area (Å²) in [6.07, 6.45) is 3.68. The van der Waals surface area contributed by atoms with Gasteiger partial charge in [-0.05, 0) is 36.8 Å². The van der Waals surface area contributed by atoms with Crippen molar-refractivity contribution in [2.75, 3.05) is 0 Å². The SMILES string of the molecule is N#CC#Cc1cc2c(s1)CCC2. The Morgan fingerprint density at radius 3 is 3.08 bits per heavy atom. The summed E-state index contributed by atoms with van der Waals surface area (Å²) < 4.78 is 0. The summed E-state index contributed by atoms with van der Waals surface area (Å²) in [4.78, 5) is 2.51. The minimum atomic E-state index is 1.04. The van der Waals surface area contributed by atoms with E-state index in [0.717, 1.165) is 4.88 Å². The van der Waals surface area contributed by atoms with Crippen molar-refractivity contribution < 1.29 is 0 Å². The van der Waals surface area contributed by atoms with E-state index in [0.29, 0.717) is 0 Å². The molecule has 1 nitrogen and oxygen atoms in total. The second-order valence-corrected chi connectivity index (χ2v) is 3.91. The molecule has 2 rings (SSSR count). The summed E-state index contributed by atoms with van der Waals surface area (Å²) >= 11 is 1.74. The fourth-order valence-corrected chi connectivity index (χ4v) is 2.59. The van der Waals surface area contributed by atoms with Crippen molar-refractivity contribution >= 4 is 11.3 Å². The quantitative estimate of drug-likeness (QED) is 0.551.